The van der Waals surface area contributed by atoms with Crippen LogP contribution in [0, 0.1) is 5.82 Å². The second-order valence-corrected chi connectivity index (χ2v) is 5.47. The summed E-state index contributed by atoms with van der Waals surface area (Å²) in [6.45, 7) is 2.33. The van der Waals surface area contributed by atoms with Crippen LogP contribution in [-0.2, 0) is 6.54 Å². The molecule has 6 nitrogen and oxygen atoms in total. The minimum atomic E-state index is -0.634. The van der Waals surface area contributed by atoms with Gasteiger partial charge in [-0.15, -0.1) is 0 Å². The summed E-state index contributed by atoms with van der Waals surface area (Å²) in [4.78, 5) is 28.6. The van der Waals surface area contributed by atoms with E-state index >= 15 is 0 Å². The van der Waals surface area contributed by atoms with E-state index < -0.39 is 17.5 Å². The summed E-state index contributed by atoms with van der Waals surface area (Å²) < 4.78 is 15.1. The van der Waals surface area contributed by atoms with E-state index in [9.17, 15) is 14.0 Å². The topological polar surface area (TPSA) is 76.0 Å². The molecule has 0 unspecified atom stereocenters. The fourth-order valence-electron chi connectivity index (χ4n) is 2.57. The van der Waals surface area contributed by atoms with Crippen molar-refractivity contribution >= 4 is 28.4 Å². The van der Waals surface area contributed by atoms with Gasteiger partial charge in [0.1, 0.15) is 11.6 Å². The number of nitrogens with one attached hydrogen (secondary N) is 2. The summed E-state index contributed by atoms with van der Waals surface area (Å²) in [5, 5.41) is 5.75. The normalized spacial score (nSPS) is 10.6. The molecule has 2 amide bonds. The predicted molar refractivity (Wildman–Crippen MR) is 95.3 cm³/mol. The number of amides is 2. The maximum atomic E-state index is 13.7. The lowest BCUT2D eigenvalue weighted by molar-refractivity contribution is 0.262. The van der Waals surface area contributed by atoms with E-state index in [4.69, 9.17) is 0 Å². The van der Waals surface area contributed by atoms with Gasteiger partial charge in [0.25, 0.3) is 0 Å². The molecule has 7 heteroatoms. The van der Waals surface area contributed by atoms with Gasteiger partial charge in [-0.25, -0.2) is 14.0 Å². The summed E-state index contributed by atoms with van der Waals surface area (Å²) in [6.07, 6.45) is 0.698. The van der Waals surface area contributed by atoms with E-state index in [1.807, 2.05) is 6.92 Å². The number of carbonyl (C=O) groups excluding carboxylic acids is 1. The third kappa shape index (κ3) is 3.50. The molecule has 3 rings (SSSR count). The summed E-state index contributed by atoms with van der Waals surface area (Å²) >= 11 is 0. The molecule has 0 aliphatic carbocycles. The summed E-state index contributed by atoms with van der Waals surface area (Å²) in [5.74, 6) is -0.200. The molecule has 0 spiro atoms. The van der Waals surface area contributed by atoms with Crippen LogP contribution in [0.3, 0.4) is 0 Å². The Hall–Kier alpha value is -3.22. The Morgan fingerprint density at radius 3 is 2.60 bits per heavy atom. The highest BCUT2D eigenvalue weighted by Gasteiger charge is 2.14. The number of urea groups is 1. The lowest BCUT2D eigenvalue weighted by Crippen LogP contribution is -2.29. The third-order valence-corrected chi connectivity index (χ3v) is 3.68. The molecule has 1 aromatic heterocycles. The van der Waals surface area contributed by atoms with Gasteiger partial charge < -0.3 is 5.32 Å². The fourth-order valence-corrected chi connectivity index (χ4v) is 2.57. The minimum absolute atomic E-state index is 0.0581. The van der Waals surface area contributed by atoms with Crippen molar-refractivity contribution in [3.8, 4) is 0 Å². The minimum Gasteiger partial charge on any atom is -0.305 e. The number of halogens is 1. The number of carbonyl (C=O) groups is 1. The molecule has 2 N–H and O–H groups in total. The van der Waals surface area contributed by atoms with Crippen LogP contribution in [0.15, 0.2) is 53.3 Å². The van der Waals surface area contributed by atoms with E-state index in [-0.39, 0.29) is 5.69 Å². The predicted octanol–water partition coefficient (Wildman–Crippen LogP) is 3.59. The molecular formula is C18H17FN4O2. The average molecular weight is 340 g/mol. The molecule has 2 aromatic carbocycles. The molecule has 0 fully saturated rings. The highest BCUT2D eigenvalue weighted by molar-refractivity contribution is 6.04. The van der Waals surface area contributed by atoms with E-state index in [2.05, 4.69) is 15.6 Å². The Morgan fingerprint density at radius 1 is 1.12 bits per heavy atom. The molecule has 3 aromatic rings. The van der Waals surface area contributed by atoms with Crippen molar-refractivity contribution in [2.24, 2.45) is 0 Å². The zero-order valence-corrected chi connectivity index (χ0v) is 13.6. The highest BCUT2D eigenvalue weighted by atomic mass is 19.1. The third-order valence-electron chi connectivity index (χ3n) is 3.68. The number of fused-ring (bicyclic) bond motifs is 1. The van der Waals surface area contributed by atoms with Gasteiger partial charge >= 0.3 is 11.7 Å². The Bertz CT molecular complexity index is 984. The number of nitrogens with zero attached hydrogens (tertiary/aromatic N) is 2. The smallest absolute Gasteiger partial charge is 0.305 e. The fraction of sp³-hybridized carbons (Fsp3) is 0.167. The molecule has 0 aliphatic rings. The first-order valence-electron chi connectivity index (χ1n) is 7.92. The standard InChI is InChI=1S/C18H17FN4O2/c1-2-11-23-16(12-7-3-5-9-14(12)21-18(23)25)22-17(24)20-15-10-6-4-8-13(15)19/h3-10H,2,11H2,1H3,(H2,20,22,24). The van der Waals surface area contributed by atoms with Crippen LogP contribution in [0.4, 0.5) is 20.7 Å². The van der Waals surface area contributed by atoms with Crippen LogP contribution in [0.25, 0.3) is 10.9 Å². The first kappa shape index (κ1) is 16.6. The number of hydrogen-bond acceptors (Lipinski definition) is 3. The Morgan fingerprint density at radius 2 is 1.84 bits per heavy atom. The number of hydrogen-bond donors (Lipinski definition) is 2. The number of aromatic nitrogens is 2. The molecule has 1 heterocycles. The monoisotopic (exact) mass is 340 g/mol. The maximum Gasteiger partial charge on any atom is 0.349 e. The lowest BCUT2D eigenvalue weighted by atomic mass is 10.2. The van der Waals surface area contributed by atoms with Gasteiger partial charge in [0, 0.05) is 11.9 Å². The second-order valence-electron chi connectivity index (χ2n) is 5.47. The van der Waals surface area contributed by atoms with Crippen LogP contribution >= 0.6 is 0 Å². The zero-order valence-electron chi connectivity index (χ0n) is 13.6. The maximum absolute atomic E-state index is 13.7. The van der Waals surface area contributed by atoms with Crippen molar-refractivity contribution in [1.29, 1.82) is 0 Å². The number of anilines is 2. The number of rotatable bonds is 4. The Balaban J connectivity index is 1.99. The molecule has 25 heavy (non-hydrogen) atoms. The Kier molecular flexibility index (Phi) is 4.74. The largest absolute Gasteiger partial charge is 0.349 e. The van der Waals surface area contributed by atoms with Crippen molar-refractivity contribution in [2.75, 3.05) is 10.6 Å². The molecule has 0 bridgehead atoms. The van der Waals surface area contributed by atoms with E-state index in [0.717, 1.165) is 0 Å². The first-order valence-corrected chi connectivity index (χ1v) is 7.92. The lowest BCUT2D eigenvalue weighted by Gasteiger charge is -2.15. The average Bonchev–Trinajstić information content (AvgIpc) is 2.60. The van der Waals surface area contributed by atoms with Crippen LogP contribution in [-0.4, -0.2) is 15.6 Å². The van der Waals surface area contributed by atoms with Crippen LogP contribution in [0.2, 0.25) is 0 Å². The van der Waals surface area contributed by atoms with Crippen molar-refractivity contribution in [2.45, 2.75) is 19.9 Å². The molecule has 0 saturated carbocycles. The van der Waals surface area contributed by atoms with E-state index in [1.54, 1.807) is 30.3 Å². The van der Waals surface area contributed by atoms with Gasteiger partial charge in [-0.2, -0.15) is 4.98 Å². The number of para-hydroxylation sites is 2. The van der Waals surface area contributed by atoms with Crippen molar-refractivity contribution < 1.29 is 9.18 Å². The molecule has 128 valence electrons. The summed E-state index contributed by atoms with van der Waals surface area (Å²) in [6, 6.07) is 12.3. The van der Waals surface area contributed by atoms with Crippen LogP contribution in [0.5, 0.6) is 0 Å². The first-order chi connectivity index (χ1) is 12.1. The molecule has 0 saturated heterocycles. The van der Waals surface area contributed by atoms with Gasteiger partial charge in [-0.3, -0.25) is 9.88 Å². The SMILES string of the molecule is CCCn1c(NC(=O)Nc2ccccc2F)c2ccccc2nc1=O. The quantitative estimate of drug-likeness (QED) is 0.762. The number of benzene rings is 2. The zero-order chi connectivity index (χ0) is 17.8. The highest BCUT2D eigenvalue weighted by Crippen LogP contribution is 2.21. The van der Waals surface area contributed by atoms with Gasteiger partial charge in [-0.1, -0.05) is 31.2 Å². The van der Waals surface area contributed by atoms with Gasteiger partial charge in [0.05, 0.1) is 11.2 Å². The summed E-state index contributed by atoms with van der Waals surface area (Å²) in [7, 11) is 0. The van der Waals surface area contributed by atoms with Crippen LogP contribution in [0.1, 0.15) is 13.3 Å². The van der Waals surface area contributed by atoms with Crippen LogP contribution < -0.4 is 16.3 Å². The van der Waals surface area contributed by atoms with Crippen molar-refractivity contribution in [3.63, 3.8) is 0 Å². The van der Waals surface area contributed by atoms with Gasteiger partial charge in [0.2, 0.25) is 0 Å². The summed E-state index contributed by atoms with van der Waals surface area (Å²) in [5.41, 5.74) is 0.102. The van der Waals surface area contributed by atoms with Crippen molar-refractivity contribution in [1.82, 2.24) is 9.55 Å². The van der Waals surface area contributed by atoms with Gasteiger partial charge in [0.15, 0.2) is 0 Å². The molecule has 0 aliphatic heterocycles. The molecule has 0 atom stereocenters. The molecule has 0 radical (unpaired) electrons. The van der Waals surface area contributed by atoms with Crippen molar-refractivity contribution in [3.05, 3.63) is 64.8 Å². The van der Waals surface area contributed by atoms with Gasteiger partial charge in [-0.05, 0) is 30.7 Å². The molecular weight excluding hydrogens is 323 g/mol. The van der Waals surface area contributed by atoms with E-state index in [1.165, 1.54) is 22.8 Å². The Labute approximate surface area is 143 Å². The second kappa shape index (κ2) is 7.12. The van der Waals surface area contributed by atoms with E-state index in [0.29, 0.717) is 29.7 Å².